The number of aromatic nitrogens is 5. The number of rotatable bonds is 6. The predicted octanol–water partition coefficient (Wildman–Crippen LogP) is 4.30. The second-order valence-electron chi connectivity index (χ2n) is 6.52. The average molecular weight is 395 g/mol. The van der Waals surface area contributed by atoms with Gasteiger partial charge in [0.2, 0.25) is 0 Å². The minimum Gasteiger partial charge on any atom is -0.497 e. The van der Waals surface area contributed by atoms with Crippen molar-refractivity contribution < 1.29 is 4.74 Å². The van der Waals surface area contributed by atoms with Crippen LogP contribution in [0.15, 0.2) is 36.7 Å². The Labute approximate surface area is 167 Å². The third kappa shape index (κ3) is 3.43. The molecule has 1 aromatic carbocycles. The molecule has 8 heteroatoms. The van der Waals surface area contributed by atoms with Gasteiger partial charge in [-0.3, -0.25) is 0 Å². The largest absolute Gasteiger partial charge is 0.497 e. The van der Waals surface area contributed by atoms with E-state index in [2.05, 4.69) is 34.2 Å². The van der Waals surface area contributed by atoms with E-state index in [4.69, 9.17) is 9.72 Å². The first-order chi connectivity index (χ1) is 13.6. The molecule has 0 amide bonds. The third-order valence-electron chi connectivity index (χ3n) is 4.59. The zero-order valence-corrected chi connectivity index (χ0v) is 17.1. The second-order valence-corrected chi connectivity index (χ2v) is 7.55. The molecule has 3 heterocycles. The van der Waals surface area contributed by atoms with Crippen LogP contribution in [0.2, 0.25) is 0 Å². The highest BCUT2D eigenvalue weighted by molar-refractivity contribution is 7.15. The van der Waals surface area contributed by atoms with E-state index < -0.39 is 0 Å². The number of thiazole rings is 1. The molecular formula is C20H22N6OS. The molecule has 4 aromatic rings. The Morgan fingerprint density at radius 1 is 1.21 bits per heavy atom. The van der Waals surface area contributed by atoms with E-state index in [1.54, 1.807) is 23.0 Å². The average Bonchev–Trinajstić information content (AvgIpc) is 3.34. The first-order valence-corrected chi connectivity index (χ1v) is 9.98. The van der Waals surface area contributed by atoms with E-state index >= 15 is 0 Å². The van der Waals surface area contributed by atoms with Crippen molar-refractivity contribution in [2.24, 2.45) is 0 Å². The van der Waals surface area contributed by atoms with Crippen LogP contribution in [0, 0.1) is 6.92 Å². The predicted molar refractivity (Wildman–Crippen MR) is 111 cm³/mol. The Kier molecular flexibility index (Phi) is 4.95. The van der Waals surface area contributed by atoms with Crippen LogP contribution in [-0.2, 0) is 6.42 Å². The lowest BCUT2D eigenvalue weighted by atomic mass is 10.2. The first-order valence-electron chi connectivity index (χ1n) is 9.17. The van der Waals surface area contributed by atoms with E-state index in [0.29, 0.717) is 5.78 Å². The van der Waals surface area contributed by atoms with Crippen molar-refractivity contribution in [1.82, 2.24) is 24.6 Å². The normalized spacial score (nSPS) is 12.3. The fourth-order valence-corrected chi connectivity index (χ4v) is 4.17. The van der Waals surface area contributed by atoms with Crippen molar-refractivity contribution in [3.63, 3.8) is 0 Å². The smallest absolute Gasteiger partial charge is 0.254 e. The van der Waals surface area contributed by atoms with Crippen molar-refractivity contribution in [2.75, 3.05) is 12.4 Å². The van der Waals surface area contributed by atoms with Gasteiger partial charge in [0.25, 0.3) is 5.78 Å². The fraction of sp³-hybridized carbons (Fsp3) is 0.300. The summed E-state index contributed by atoms with van der Waals surface area (Å²) < 4.78 is 6.97. The van der Waals surface area contributed by atoms with Crippen LogP contribution in [0.1, 0.15) is 36.2 Å². The summed E-state index contributed by atoms with van der Waals surface area (Å²) in [4.78, 5) is 14.7. The Hall–Kier alpha value is -3.00. The van der Waals surface area contributed by atoms with Crippen molar-refractivity contribution in [1.29, 1.82) is 0 Å². The van der Waals surface area contributed by atoms with Crippen molar-refractivity contribution >= 4 is 22.9 Å². The lowest BCUT2D eigenvalue weighted by molar-refractivity contribution is 0.415. The molecule has 0 fully saturated rings. The highest BCUT2D eigenvalue weighted by Crippen LogP contribution is 2.34. The number of nitrogens with zero attached hydrogens (tertiary/aromatic N) is 5. The topological polar surface area (TPSA) is 77.2 Å². The Bertz CT molecular complexity index is 1100. The number of anilines is 1. The number of fused-ring (bicyclic) bond motifs is 1. The van der Waals surface area contributed by atoms with Gasteiger partial charge in [0.15, 0.2) is 0 Å². The monoisotopic (exact) mass is 394 g/mol. The number of methoxy groups -OCH3 is 1. The maximum atomic E-state index is 5.24. The van der Waals surface area contributed by atoms with E-state index in [0.717, 1.165) is 39.9 Å². The third-order valence-corrected chi connectivity index (χ3v) is 5.98. The molecule has 28 heavy (non-hydrogen) atoms. The van der Waals surface area contributed by atoms with Crippen LogP contribution in [0.5, 0.6) is 5.75 Å². The minimum absolute atomic E-state index is 0.0732. The van der Waals surface area contributed by atoms with Crippen LogP contribution in [0.4, 0.5) is 5.82 Å². The minimum atomic E-state index is 0.0732. The standard InChI is InChI=1S/C20H22N6OS/c1-5-15-10-17(26-20(25-15)21-11-22-26)23-12(2)18-13(3)24-19(28-18)14-6-8-16(27-4)9-7-14/h6-12,23H,5H2,1-4H3. The molecular weight excluding hydrogens is 372 g/mol. The van der Waals surface area contributed by atoms with Gasteiger partial charge in [-0.25, -0.2) is 9.97 Å². The highest BCUT2D eigenvalue weighted by Gasteiger charge is 2.17. The number of hydrogen-bond acceptors (Lipinski definition) is 7. The summed E-state index contributed by atoms with van der Waals surface area (Å²) in [6.45, 7) is 6.26. The molecule has 0 radical (unpaired) electrons. The number of hydrogen-bond donors (Lipinski definition) is 1. The van der Waals surface area contributed by atoms with Crippen molar-refractivity contribution in [3.8, 4) is 16.3 Å². The molecule has 1 N–H and O–H groups in total. The molecule has 3 aromatic heterocycles. The molecule has 0 aliphatic carbocycles. The summed E-state index contributed by atoms with van der Waals surface area (Å²) >= 11 is 1.70. The zero-order valence-electron chi connectivity index (χ0n) is 16.3. The van der Waals surface area contributed by atoms with Crippen LogP contribution in [0.25, 0.3) is 16.3 Å². The summed E-state index contributed by atoms with van der Waals surface area (Å²) in [7, 11) is 1.67. The van der Waals surface area contributed by atoms with Gasteiger partial charge < -0.3 is 10.1 Å². The molecule has 0 saturated carbocycles. The lowest BCUT2D eigenvalue weighted by Gasteiger charge is -2.15. The Morgan fingerprint density at radius 2 is 2.00 bits per heavy atom. The summed E-state index contributed by atoms with van der Waals surface area (Å²) in [5, 5.41) is 8.84. The zero-order chi connectivity index (χ0) is 19.7. The summed E-state index contributed by atoms with van der Waals surface area (Å²) in [6.07, 6.45) is 2.37. The van der Waals surface area contributed by atoms with Crippen LogP contribution in [-0.4, -0.2) is 31.7 Å². The number of ether oxygens (including phenoxy) is 1. The molecule has 0 aliphatic rings. The van der Waals surface area contributed by atoms with Crippen molar-refractivity contribution in [3.05, 3.63) is 52.9 Å². The van der Waals surface area contributed by atoms with Crippen molar-refractivity contribution in [2.45, 2.75) is 33.2 Å². The maximum absolute atomic E-state index is 5.24. The molecule has 0 saturated heterocycles. The van der Waals surface area contributed by atoms with Gasteiger partial charge in [-0.05, 0) is 44.5 Å². The highest BCUT2D eigenvalue weighted by atomic mass is 32.1. The van der Waals surface area contributed by atoms with Gasteiger partial charge in [-0.1, -0.05) is 6.92 Å². The molecule has 1 atom stereocenters. The molecule has 7 nitrogen and oxygen atoms in total. The van der Waals surface area contributed by atoms with Gasteiger partial charge in [0.1, 0.15) is 22.9 Å². The summed E-state index contributed by atoms with van der Waals surface area (Å²) in [5.41, 5.74) is 3.09. The quantitative estimate of drug-likeness (QED) is 0.525. The molecule has 0 spiro atoms. The Morgan fingerprint density at radius 3 is 2.71 bits per heavy atom. The number of aryl methyl sites for hydroxylation is 2. The maximum Gasteiger partial charge on any atom is 0.254 e. The van der Waals surface area contributed by atoms with Crippen LogP contribution in [0.3, 0.4) is 0 Å². The van der Waals surface area contributed by atoms with Gasteiger partial charge >= 0.3 is 0 Å². The van der Waals surface area contributed by atoms with Gasteiger partial charge in [-0.15, -0.1) is 11.3 Å². The molecule has 1 unspecified atom stereocenters. The summed E-state index contributed by atoms with van der Waals surface area (Å²) in [6, 6.07) is 10.1. The van der Waals surface area contributed by atoms with Gasteiger partial charge in [-0.2, -0.15) is 14.6 Å². The van der Waals surface area contributed by atoms with Gasteiger partial charge in [0.05, 0.1) is 18.8 Å². The van der Waals surface area contributed by atoms with Crippen LogP contribution >= 0.6 is 11.3 Å². The molecule has 0 aliphatic heterocycles. The van der Waals surface area contributed by atoms with E-state index in [-0.39, 0.29) is 6.04 Å². The first kappa shape index (κ1) is 18.4. The fourth-order valence-electron chi connectivity index (χ4n) is 3.10. The number of benzene rings is 1. The van der Waals surface area contributed by atoms with E-state index in [1.807, 2.05) is 37.3 Å². The SMILES string of the molecule is CCc1cc(NC(C)c2sc(-c3ccc(OC)cc3)nc2C)n2ncnc2n1. The molecule has 144 valence electrons. The van der Waals surface area contributed by atoms with E-state index in [9.17, 15) is 0 Å². The van der Waals surface area contributed by atoms with E-state index in [1.165, 1.54) is 11.2 Å². The molecule has 0 bridgehead atoms. The van der Waals surface area contributed by atoms with Gasteiger partial charge in [0, 0.05) is 22.2 Å². The Balaban J connectivity index is 1.63. The molecule has 4 rings (SSSR count). The summed E-state index contributed by atoms with van der Waals surface area (Å²) in [5.74, 6) is 2.33. The van der Waals surface area contributed by atoms with Crippen LogP contribution < -0.4 is 10.1 Å². The number of nitrogens with one attached hydrogen (secondary N) is 1. The lowest BCUT2D eigenvalue weighted by Crippen LogP contribution is -2.11. The second kappa shape index (κ2) is 7.55.